The Morgan fingerprint density at radius 2 is 1.76 bits per heavy atom. The Labute approximate surface area is 193 Å². The smallest absolute Gasteiger partial charge is 0.254 e. The molecule has 8 heteroatoms. The van der Waals surface area contributed by atoms with Crippen molar-refractivity contribution >= 4 is 23.2 Å². The lowest BCUT2D eigenvalue weighted by Gasteiger charge is -2.26. The average molecular weight is 452 g/mol. The van der Waals surface area contributed by atoms with Gasteiger partial charge < -0.3 is 29.0 Å². The van der Waals surface area contributed by atoms with E-state index in [0.717, 1.165) is 11.3 Å². The van der Waals surface area contributed by atoms with Gasteiger partial charge in [-0.15, -0.1) is 0 Å². The Balaban J connectivity index is 1.93. The molecule has 0 saturated carbocycles. The van der Waals surface area contributed by atoms with E-state index in [1.807, 2.05) is 43.3 Å². The van der Waals surface area contributed by atoms with Gasteiger partial charge in [0.2, 0.25) is 5.91 Å². The largest absolute Gasteiger partial charge is 0.497 e. The number of nitrogens with zero attached hydrogens (tertiary/aromatic N) is 2. The first-order chi connectivity index (χ1) is 15.9. The molecule has 3 aromatic rings. The lowest BCUT2D eigenvalue weighted by molar-refractivity contribution is -0.119. The number of benzene rings is 2. The summed E-state index contributed by atoms with van der Waals surface area (Å²) in [5, 5.41) is 2.82. The first kappa shape index (κ1) is 23.9. The van der Waals surface area contributed by atoms with Gasteiger partial charge in [-0.05, 0) is 60.2 Å². The zero-order valence-electron chi connectivity index (χ0n) is 19.3. The highest BCUT2D eigenvalue weighted by Gasteiger charge is 2.20. The Kier molecular flexibility index (Phi) is 8.10. The van der Waals surface area contributed by atoms with Crippen LogP contribution in [0.4, 0.5) is 11.4 Å². The van der Waals surface area contributed by atoms with Gasteiger partial charge in [-0.25, -0.2) is 0 Å². The highest BCUT2D eigenvalue weighted by molar-refractivity contribution is 5.94. The van der Waals surface area contributed by atoms with E-state index in [1.54, 1.807) is 48.6 Å². The molecule has 0 aliphatic rings. The van der Waals surface area contributed by atoms with E-state index >= 15 is 0 Å². The molecule has 0 aliphatic heterocycles. The number of amides is 2. The van der Waals surface area contributed by atoms with Crippen LogP contribution in [0.5, 0.6) is 5.75 Å². The Hall–Kier alpha value is -3.78. The number of anilines is 2. The van der Waals surface area contributed by atoms with Gasteiger partial charge in [0, 0.05) is 44.7 Å². The van der Waals surface area contributed by atoms with Crippen molar-refractivity contribution in [3.05, 3.63) is 77.7 Å². The van der Waals surface area contributed by atoms with E-state index < -0.39 is 0 Å². The minimum absolute atomic E-state index is 0.0364. The molecule has 0 bridgehead atoms. The second-order valence-electron chi connectivity index (χ2n) is 7.69. The van der Waals surface area contributed by atoms with Gasteiger partial charge in [-0.3, -0.25) is 9.59 Å². The summed E-state index contributed by atoms with van der Waals surface area (Å²) in [6, 6.07) is 16.2. The van der Waals surface area contributed by atoms with Crippen LogP contribution in [-0.2, 0) is 22.6 Å². The molecular weight excluding hydrogens is 422 g/mol. The van der Waals surface area contributed by atoms with E-state index in [0.29, 0.717) is 35.9 Å². The molecule has 174 valence electrons. The third kappa shape index (κ3) is 6.36. The fourth-order valence-corrected chi connectivity index (χ4v) is 3.47. The maximum atomic E-state index is 13.4. The molecule has 0 saturated heterocycles. The number of rotatable bonds is 10. The minimum atomic E-state index is -0.247. The molecule has 33 heavy (non-hydrogen) atoms. The fraction of sp³-hybridized carbons (Fsp3) is 0.280. The number of carbonyl (C=O) groups excluding carboxylic acids is 2. The molecule has 0 spiro atoms. The molecule has 0 unspecified atom stereocenters. The molecule has 2 amide bonds. The number of nitrogens with one attached hydrogen (secondary N) is 1. The molecular formula is C25H29N3O5. The topological polar surface area (TPSA) is 84.3 Å². The molecule has 3 rings (SSSR count). The van der Waals surface area contributed by atoms with Crippen LogP contribution >= 0.6 is 0 Å². The molecule has 0 radical (unpaired) electrons. The molecule has 0 atom stereocenters. The van der Waals surface area contributed by atoms with E-state index in [4.69, 9.17) is 13.9 Å². The number of hydrogen-bond donors (Lipinski definition) is 1. The van der Waals surface area contributed by atoms with Crippen LogP contribution in [-0.4, -0.2) is 51.6 Å². The zero-order chi connectivity index (χ0) is 23.8. The number of methoxy groups -OCH3 is 2. The van der Waals surface area contributed by atoms with E-state index in [-0.39, 0.29) is 18.4 Å². The maximum absolute atomic E-state index is 13.4. The van der Waals surface area contributed by atoms with Crippen molar-refractivity contribution in [1.82, 2.24) is 4.90 Å². The number of carbonyl (C=O) groups is 2. The lowest BCUT2D eigenvalue weighted by Crippen LogP contribution is -2.31. The van der Waals surface area contributed by atoms with Gasteiger partial charge in [0.15, 0.2) is 0 Å². The molecule has 0 aliphatic carbocycles. The predicted octanol–water partition coefficient (Wildman–Crippen LogP) is 3.78. The highest BCUT2D eigenvalue weighted by Crippen LogP contribution is 2.26. The fourth-order valence-electron chi connectivity index (χ4n) is 3.47. The van der Waals surface area contributed by atoms with Crippen molar-refractivity contribution in [2.45, 2.75) is 13.1 Å². The maximum Gasteiger partial charge on any atom is 0.254 e. The average Bonchev–Trinajstić information content (AvgIpc) is 3.31. The summed E-state index contributed by atoms with van der Waals surface area (Å²) in [6.07, 6.45) is 1.59. The van der Waals surface area contributed by atoms with Gasteiger partial charge in [0.1, 0.15) is 18.1 Å². The summed E-state index contributed by atoms with van der Waals surface area (Å²) in [7, 11) is 6.92. The van der Waals surface area contributed by atoms with Crippen molar-refractivity contribution in [1.29, 1.82) is 0 Å². The molecule has 0 fully saturated rings. The van der Waals surface area contributed by atoms with Crippen molar-refractivity contribution in [2.75, 3.05) is 45.1 Å². The molecule has 8 nitrogen and oxygen atoms in total. The van der Waals surface area contributed by atoms with E-state index in [1.165, 1.54) is 7.11 Å². The summed E-state index contributed by atoms with van der Waals surface area (Å²) in [5.41, 5.74) is 2.99. The van der Waals surface area contributed by atoms with Crippen LogP contribution in [0.25, 0.3) is 0 Å². The van der Waals surface area contributed by atoms with Gasteiger partial charge in [-0.1, -0.05) is 0 Å². The van der Waals surface area contributed by atoms with Crippen LogP contribution in [0.1, 0.15) is 21.7 Å². The van der Waals surface area contributed by atoms with Crippen LogP contribution in [0, 0.1) is 0 Å². The SMILES string of the molecule is COCC(=O)Nc1ccc(N(C)C)c(CN(Cc2ccco2)C(=O)c2ccc(OC)cc2)c1. The monoisotopic (exact) mass is 451 g/mol. The van der Waals surface area contributed by atoms with Gasteiger partial charge in [0.25, 0.3) is 5.91 Å². The van der Waals surface area contributed by atoms with Crippen molar-refractivity contribution in [3.63, 3.8) is 0 Å². The number of ether oxygens (including phenoxy) is 2. The van der Waals surface area contributed by atoms with E-state index in [2.05, 4.69) is 5.32 Å². The summed E-state index contributed by atoms with van der Waals surface area (Å²) >= 11 is 0. The van der Waals surface area contributed by atoms with Crippen LogP contribution in [0.2, 0.25) is 0 Å². The predicted molar refractivity (Wildman–Crippen MR) is 127 cm³/mol. The van der Waals surface area contributed by atoms with Gasteiger partial charge >= 0.3 is 0 Å². The number of hydrogen-bond acceptors (Lipinski definition) is 6. The first-order valence-electron chi connectivity index (χ1n) is 10.5. The second-order valence-corrected chi connectivity index (χ2v) is 7.69. The second kappa shape index (κ2) is 11.2. The molecule has 1 N–H and O–H groups in total. The summed E-state index contributed by atoms with van der Waals surface area (Å²) in [5.74, 6) is 0.960. The zero-order valence-corrected chi connectivity index (χ0v) is 19.3. The van der Waals surface area contributed by atoms with Crippen LogP contribution in [0.15, 0.2) is 65.3 Å². The van der Waals surface area contributed by atoms with Crippen LogP contribution in [0.3, 0.4) is 0 Å². The Morgan fingerprint density at radius 3 is 2.36 bits per heavy atom. The highest BCUT2D eigenvalue weighted by atomic mass is 16.5. The lowest BCUT2D eigenvalue weighted by atomic mass is 10.1. The van der Waals surface area contributed by atoms with Crippen LogP contribution < -0.4 is 15.0 Å². The van der Waals surface area contributed by atoms with Gasteiger partial charge in [-0.2, -0.15) is 0 Å². The normalized spacial score (nSPS) is 10.5. The van der Waals surface area contributed by atoms with Crippen molar-refractivity contribution in [3.8, 4) is 5.75 Å². The first-order valence-corrected chi connectivity index (χ1v) is 10.5. The summed E-state index contributed by atoms with van der Waals surface area (Å²) < 4.78 is 15.6. The third-order valence-corrected chi connectivity index (χ3v) is 5.03. The molecule has 1 aromatic heterocycles. The van der Waals surface area contributed by atoms with Crippen molar-refractivity contribution < 1.29 is 23.5 Å². The summed E-state index contributed by atoms with van der Waals surface area (Å²) in [6.45, 7) is 0.573. The molecule has 1 heterocycles. The van der Waals surface area contributed by atoms with Crippen molar-refractivity contribution in [2.24, 2.45) is 0 Å². The molecule has 2 aromatic carbocycles. The minimum Gasteiger partial charge on any atom is -0.497 e. The van der Waals surface area contributed by atoms with Gasteiger partial charge in [0.05, 0.1) is 19.9 Å². The third-order valence-electron chi connectivity index (χ3n) is 5.03. The van der Waals surface area contributed by atoms with E-state index in [9.17, 15) is 9.59 Å². The number of furan rings is 1. The standard InChI is InChI=1S/C25H29N3O5/c1-27(2)23-12-9-20(26-24(29)17-31-3)14-19(23)15-28(16-22-6-5-13-33-22)25(30)18-7-10-21(32-4)11-8-18/h5-14H,15-17H2,1-4H3,(H,26,29). The summed E-state index contributed by atoms with van der Waals surface area (Å²) in [4.78, 5) is 29.1. The Bertz CT molecular complexity index is 1060. The Morgan fingerprint density at radius 1 is 1.00 bits per heavy atom. The quantitative estimate of drug-likeness (QED) is 0.505.